The fourth-order valence-electron chi connectivity index (χ4n) is 1.36. The van der Waals surface area contributed by atoms with Crippen molar-refractivity contribution >= 4 is 23.8 Å². The SMILES string of the molecule is CSCCCC(C(=O)O)N(C)C(=O)OC(C)(C)C. The van der Waals surface area contributed by atoms with E-state index in [1.165, 1.54) is 7.05 Å². The number of rotatable bonds is 6. The Morgan fingerprint density at radius 2 is 1.94 bits per heavy atom. The number of hydrogen-bond donors (Lipinski definition) is 1. The monoisotopic (exact) mass is 277 g/mol. The van der Waals surface area contributed by atoms with Crippen LogP contribution in [0.25, 0.3) is 0 Å². The van der Waals surface area contributed by atoms with E-state index in [9.17, 15) is 9.59 Å². The molecule has 0 radical (unpaired) electrons. The van der Waals surface area contributed by atoms with Gasteiger partial charge in [-0.05, 0) is 45.6 Å². The summed E-state index contributed by atoms with van der Waals surface area (Å²) >= 11 is 1.66. The number of nitrogens with zero attached hydrogens (tertiary/aromatic N) is 1. The van der Waals surface area contributed by atoms with Crippen molar-refractivity contribution in [1.29, 1.82) is 0 Å². The van der Waals surface area contributed by atoms with E-state index in [0.717, 1.165) is 17.1 Å². The largest absolute Gasteiger partial charge is 0.480 e. The molecule has 1 atom stereocenters. The van der Waals surface area contributed by atoms with Gasteiger partial charge in [0.05, 0.1) is 0 Å². The molecule has 1 N–H and O–H groups in total. The first kappa shape index (κ1) is 17.1. The fraction of sp³-hybridized carbons (Fsp3) is 0.833. The minimum absolute atomic E-state index is 0.436. The van der Waals surface area contributed by atoms with Crippen molar-refractivity contribution in [2.75, 3.05) is 19.1 Å². The molecule has 0 fully saturated rings. The lowest BCUT2D eigenvalue weighted by Crippen LogP contribution is -2.44. The number of likely N-dealkylation sites (N-methyl/N-ethyl adjacent to an activating group) is 1. The van der Waals surface area contributed by atoms with E-state index in [1.54, 1.807) is 32.5 Å². The third-order valence-corrected chi connectivity index (χ3v) is 2.96. The molecule has 0 aromatic carbocycles. The molecular weight excluding hydrogens is 254 g/mol. The van der Waals surface area contributed by atoms with E-state index in [4.69, 9.17) is 9.84 Å². The topological polar surface area (TPSA) is 66.8 Å². The van der Waals surface area contributed by atoms with Crippen LogP contribution in [0.3, 0.4) is 0 Å². The van der Waals surface area contributed by atoms with Gasteiger partial charge in [0.25, 0.3) is 0 Å². The molecule has 18 heavy (non-hydrogen) atoms. The van der Waals surface area contributed by atoms with E-state index in [-0.39, 0.29) is 0 Å². The predicted molar refractivity (Wildman–Crippen MR) is 73.0 cm³/mol. The van der Waals surface area contributed by atoms with E-state index in [1.807, 2.05) is 6.26 Å². The Balaban J connectivity index is 4.51. The second kappa shape index (κ2) is 7.51. The minimum atomic E-state index is -0.996. The summed E-state index contributed by atoms with van der Waals surface area (Å²) in [5.41, 5.74) is -0.617. The maximum absolute atomic E-state index is 11.8. The van der Waals surface area contributed by atoms with Crippen LogP contribution in [0.2, 0.25) is 0 Å². The van der Waals surface area contributed by atoms with Crippen molar-refractivity contribution in [1.82, 2.24) is 4.90 Å². The normalized spacial score (nSPS) is 12.9. The molecule has 1 unspecified atom stereocenters. The quantitative estimate of drug-likeness (QED) is 0.755. The summed E-state index contributed by atoms with van der Waals surface area (Å²) < 4.78 is 5.16. The Labute approximate surface area is 113 Å². The van der Waals surface area contributed by atoms with Gasteiger partial charge in [-0.25, -0.2) is 9.59 Å². The van der Waals surface area contributed by atoms with Gasteiger partial charge in [0, 0.05) is 7.05 Å². The molecule has 0 aliphatic heterocycles. The van der Waals surface area contributed by atoms with Gasteiger partial charge < -0.3 is 9.84 Å². The highest BCUT2D eigenvalue weighted by atomic mass is 32.2. The first-order chi connectivity index (χ1) is 8.19. The molecule has 0 saturated heterocycles. The van der Waals surface area contributed by atoms with Crippen LogP contribution in [0.1, 0.15) is 33.6 Å². The molecule has 0 rings (SSSR count). The summed E-state index contributed by atoms with van der Waals surface area (Å²) in [5.74, 6) is -0.115. The van der Waals surface area contributed by atoms with Gasteiger partial charge in [-0.2, -0.15) is 11.8 Å². The van der Waals surface area contributed by atoms with Crippen LogP contribution in [-0.4, -0.2) is 52.8 Å². The maximum atomic E-state index is 11.8. The molecule has 0 aliphatic carbocycles. The number of amides is 1. The number of thioether (sulfide) groups is 1. The van der Waals surface area contributed by atoms with Crippen molar-refractivity contribution < 1.29 is 19.4 Å². The molecule has 0 saturated carbocycles. The summed E-state index contributed by atoms with van der Waals surface area (Å²) in [6, 6.07) is -0.827. The number of ether oxygens (including phenoxy) is 1. The molecule has 6 heteroatoms. The Morgan fingerprint density at radius 1 is 1.39 bits per heavy atom. The smallest absolute Gasteiger partial charge is 0.410 e. The molecule has 0 spiro atoms. The van der Waals surface area contributed by atoms with E-state index >= 15 is 0 Å². The van der Waals surface area contributed by atoms with Crippen molar-refractivity contribution in [3.63, 3.8) is 0 Å². The third kappa shape index (κ3) is 6.74. The van der Waals surface area contributed by atoms with Crippen molar-refractivity contribution in [3.05, 3.63) is 0 Å². The number of carboxylic acid groups (broad SMARTS) is 1. The van der Waals surface area contributed by atoms with Gasteiger partial charge in [-0.3, -0.25) is 4.90 Å². The zero-order valence-corrected chi connectivity index (χ0v) is 12.5. The van der Waals surface area contributed by atoms with Crippen molar-refractivity contribution in [3.8, 4) is 0 Å². The van der Waals surface area contributed by atoms with Crippen LogP contribution in [0, 0.1) is 0 Å². The number of carboxylic acids is 1. The average Bonchev–Trinajstić information content (AvgIpc) is 2.20. The van der Waals surface area contributed by atoms with Gasteiger partial charge in [0.2, 0.25) is 0 Å². The maximum Gasteiger partial charge on any atom is 0.410 e. The minimum Gasteiger partial charge on any atom is -0.480 e. The van der Waals surface area contributed by atoms with E-state index < -0.39 is 23.7 Å². The number of carbonyl (C=O) groups is 2. The summed E-state index contributed by atoms with van der Waals surface area (Å²) in [5, 5.41) is 9.13. The molecule has 1 amide bonds. The zero-order valence-electron chi connectivity index (χ0n) is 11.7. The van der Waals surface area contributed by atoms with Crippen molar-refractivity contribution in [2.45, 2.75) is 45.3 Å². The first-order valence-corrected chi connectivity index (χ1v) is 7.26. The second-order valence-corrected chi connectivity index (χ2v) is 6.07. The van der Waals surface area contributed by atoms with E-state index in [0.29, 0.717) is 6.42 Å². The van der Waals surface area contributed by atoms with Crippen LogP contribution in [0.15, 0.2) is 0 Å². The van der Waals surface area contributed by atoms with Crippen LogP contribution >= 0.6 is 11.8 Å². The molecular formula is C12H23NO4S. The van der Waals surface area contributed by atoms with E-state index in [2.05, 4.69) is 0 Å². The molecule has 0 aromatic heterocycles. The molecule has 0 aliphatic rings. The first-order valence-electron chi connectivity index (χ1n) is 5.86. The summed E-state index contributed by atoms with van der Waals surface area (Å²) in [7, 11) is 1.46. The third-order valence-electron chi connectivity index (χ3n) is 2.26. The lowest BCUT2D eigenvalue weighted by molar-refractivity contribution is -0.142. The number of hydrogen-bond acceptors (Lipinski definition) is 4. The number of aliphatic carboxylic acids is 1. The summed E-state index contributed by atoms with van der Waals surface area (Å²) in [4.78, 5) is 24.1. The highest BCUT2D eigenvalue weighted by Gasteiger charge is 2.29. The molecule has 0 aromatic rings. The zero-order chi connectivity index (χ0) is 14.3. The standard InChI is InChI=1S/C12H23NO4S/c1-12(2,3)17-11(16)13(4)9(10(14)15)7-6-8-18-5/h9H,6-8H2,1-5H3,(H,14,15). The number of carbonyl (C=O) groups excluding carboxylic acids is 1. The van der Waals surface area contributed by atoms with Gasteiger partial charge >= 0.3 is 12.1 Å². The molecule has 5 nitrogen and oxygen atoms in total. The second-order valence-electron chi connectivity index (χ2n) is 5.08. The Morgan fingerprint density at radius 3 is 2.33 bits per heavy atom. The van der Waals surface area contributed by atoms with Crippen LogP contribution in [-0.2, 0) is 9.53 Å². The molecule has 0 heterocycles. The van der Waals surface area contributed by atoms with Crippen LogP contribution in [0.5, 0.6) is 0 Å². The lowest BCUT2D eigenvalue weighted by atomic mass is 10.1. The lowest BCUT2D eigenvalue weighted by Gasteiger charge is -2.28. The van der Waals surface area contributed by atoms with Crippen LogP contribution < -0.4 is 0 Å². The van der Waals surface area contributed by atoms with Gasteiger partial charge in [-0.1, -0.05) is 0 Å². The predicted octanol–water partition coefficient (Wildman–Crippen LogP) is 2.45. The highest BCUT2D eigenvalue weighted by molar-refractivity contribution is 7.98. The Bertz CT molecular complexity index is 288. The van der Waals surface area contributed by atoms with Gasteiger partial charge in [0.15, 0.2) is 0 Å². The fourth-order valence-corrected chi connectivity index (χ4v) is 1.82. The summed E-state index contributed by atoms with van der Waals surface area (Å²) in [6.07, 6.45) is 2.56. The molecule has 106 valence electrons. The Kier molecular flexibility index (Phi) is 7.13. The average molecular weight is 277 g/mol. The van der Waals surface area contributed by atoms with Gasteiger partial charge in [-0.15, -0.1) is 0 Å². The van der Waals surface area contributed by atoms with Crippen molar-refractivity contribution in [2.24, 2.45) is 0 Å². The highest BCUT2D eigenvalue weighted by Crippen LogP contribution is 2.14. The van der Waals surface area contributed by atoms with Crippen LogP contribution in [0.4, 0.5) is 4.79 Å². The Hall–Kier alpha value is -0.910. The summed E-state index contributed by atoms with van der Waals surface area (Å²) in [6.45, 7) is 5.26. The van der Waals surface area contributed by atoms with Gasteiger partial charge in [0.1, 0.15) is 11.6 Å². The molecule has 0 bridgehead atoms.